The lowest BCUT2D eigenvalue weighted by atomic mass is 10.2. The highest BCUT2D eigenvalue weighted by molar-refractivity contribution is 9.10. The normalized spacial score (nSPS) is 15.9. The van der Waals surface area contributed by atoms with Gasteiger partial charge in [-0.25, -0.2) is 0 Å². The zero-order valence-corrected chi connectivity index (χ0v) is 12.5. The van der Waals surface area contributed by atoms with Crippen molar-refractivity contribution in [3.8, 4) is 5.75 Å². The maximum absolute atomic E-state index is 12.5. The Bertz CT molecular complexity index is 516. The molecule has 1 heterocycles. The van der Waals surface area contributed by atoms with Crippen molar-refractivity contribution in [3.05, 3.63) is 28.2 Å². The molecular weight excluding hydrogens is 355 g/mol. The smallest absolute Gasteiger partial charge is 0.416 e. The Morgan fingerprint density at radius 1 is 1.33 bits per heavy atom. The SMILES string of the molecule is O=C(COc1ccc(C(F)(F)F)cc1Br)N1CCOCC1. The first-order chi connectivity index (χ1) is 9.88. The van der Waals surface area contributed by atoms with Gasteiger partial charge in [0.2, 0.25) is 0 Å². The third kappa shape index (κ3) is 4.34. The first kappa shape index (κ1) is 16.1. The Morgan fingerprint density at radius 3 is 2.57 bits per heavy atom. The molecule has 1 amide bonds. The Balaban J connectivity index is 1.95. The van der Waals surface area contributed by atoms with E-state index in [2.05, 4.69) is 15.9 Å². The fourth-order valence-corrected chi connectivity index (χ4v) is 2.33. The highest BCUT2D eigenvalue weighted by atomic mass is 79.9. The molecular formula is C13H13BrF3NO3. The molecule has 0 spiro atoms. The van der Waals surface area contributed by atoms with E-state index in [0.717, 1.165) is 12.1 Å². The molecule has 0 unspecified atom stereocenters. The molecule has 0 aromatic heterocycles. The molecule has 0 saturated carbocycles. The number of morpholine rings is 1. The molecule has 1 aromatic carbocycles. The Kier molecular flexibility index (Phi) is 5.10. The van der Waals surface area contributed by atoms with E-state index >= 15 is 0 Å². The number of nitrogens with zero attached hydrogens (tertiary/aromatic N) is 1. The van der Waals surface area contributed by atoms with Gasteiger partial charge in [0.1, 0.15) is 5.75 Å². The summed E-state index contributed by atoms with van der Waals surface area (Å²) in [7, 11) is 0. The molecule has 0 bridgehead atoms. The summed E-state index contributed by atoms with van der Waals surface area (Å²) in [4.78, 5) is 13.5. The number of hydrogen-bond donors (Lipinski definition) is 0. The fourth-order valence-electron chi connectivity index (χ4n) is 1.84. The van der Waals surface area contributed by atoms with Gasteiger partial charge in [-0.15, -0.1) is 0 Å². The van der Waals surface area contributed by atoms with E-state index in [-0.39, 0.29) is 22.7 Å². The molecule has 21 heavy (non-hydrogen) atoms. The van der Waals surface area contributed by atoms with Crippen LogP contribution in [0, 0.1) is 0 Å². The number of carbonyl (C=O) groups is 1. The van der Waals surface area contributed by atoms with Gasteiger partial charge < -0.3 is 14.4 Å². The van der Waals surface area contributed by atoms with Crippen LogP contribution in [0.15, 0.2) is 22.7 Å². The summed E-state index contributed by atoms with van der Waals surface area (Å²) in [5.41, 5.74) is -0.777. The van der Waals surface area contributed by atoms with Gasteiger partial charge in [0.15, 0.2) is 6.61 Å². The quantitative estimate of drug-likeness (QED) is 0.824. The van der Waals surface area contributed by atoms with Crippen LogP contribution >= 0.6 is 15.9 Å². The summed E-state index contributed by atoms with van der Waals surface area (Å²) in [5.74, 6) is -0.0188. The van der Waals surface area contributed by atoms with Crippen molar-refractivity contribution in [3.63, 3.8) is 0 Å². The number of ether oxygens (including phenoxy) is 2. The van der Waals surface area contributed by atoms with Crippen molar-refractivity contribution in [2.24, 2.45) is 0 Å². The van der Waals surface area contributed by atoms with Crippen molar-refractivity contribution in [2.75, 3.05) is 32.9 Å². The minimum Gasteiger partial charge on any atom is -0.483 e. The first-order valence-corrected chi connectivity index (χ1v) is 7.02. The van der Waals surface area contributed by atoms with E-state index in [1.165, 1.54) is 6.07 Å². The summed E-state index contributed by atoms with van der Waals surface area (Å²) in [6.45, 7) is 1.74. The third-order valence-corrected chi connectivity index (χ3v) is 3.59. The third-order valence-electron chi connectivity index (χ3n) is 2.97. The van der Waals surface area contributed by atoms with Crippen LogP contribution in [0.2, 0.25) is 0 Å². The zero-order chi connectivity index (χ0) is 15.5. The van der Waals surface area contributed by atoms with E-state index in [0.29, 0.717) is 26.3 Å². The second kappa shape index (κ2) is 6.65. The van der Waals surface area contributed by atoms with Gasteiger partial charge in [-0.05, 0) is 34.1 Å². The fraction of sp³-hybridized carbons (Fsp3) is 0.462. The van der Waals surface area contributed by atoms with Gasteiger partial charge in [-0.2, -0.15) is 13.2 Å². The number of hydrogen-bond acceptors (Lipinski definition) is 3. The van der Waals surface area contributed by atoms with Crippen LogP contribution in [0.3, 0.4) is 0 Å². The van der Waals surface area contributed by atoms with Crippen LogP contribution in [0.25, 0.3) is 0 Å². The molecule has 1 fully saturated rings. The van der Waals surface area contributed by atoms with Gasteiger partial charge in [-0.1, -0.05) is 0 Å². The van der Waals surface area contributed by atoms with E-state index in [9.17, 15) is 18.0 Å². The summed E-state index contributed by atoms with van der Waals surface area (Å²) in [6.07, 6.45) is -4.41. The van der Waals surface area contributed by atoms with Crippen LogP contribution in [-0.4, -0.2) is 43.7 Å². The maximum atomic E-state index is 12.5. The van der Waals surface area contributed by atoms with Crippen LogP contribution in [0.4, 0.5) is 13.2 Å². The van der Waals surface area contributed by atoms with Crippen molar-refractivity contribution in [2.45, 2.75) is 6.18 Å². The summed E-state index contributed by atoms with van der Waals surface area (Å²) in [5, 5.41) is 0. The molecule has 4 nitrogen and oxygen atoms in total. The lowest BCUT2D eigenvalue weighted by Gasteiger charge is -2.26. The Hall–Kier alpha value is -1.28. The molecule has 1 aromatic rings. The molecule has 116 valence electrons. The highest BCUT2D eigenvalue weighted by Crippen LogP contribution is 2.34. The minimum absolute atomic E-state index is 0.159. The molecule has 0 N–H and O–H groups in total. The van der Waals surface area contributed by atoms with Crippen molar-refractivity contribution in [1.29, 1.82) is 0 Å². The minimum atomic E-state index is -4.41. The first-order valence-electron chi connectivity index (χ1n) is 6.23. The monoisotopic (exact) mass is 367 g/mol. The second-order valence-corrected chi connectivity index (χ2v) is 5.28. The number of rotatable bonds is 3. The summed E-state index contributed by atoms with van der Waals surface area (Å²) in [6, 6.07) is 3.04. The molecule has 1 aliphatic rings. The van der Waals surface area contributed by atoms with Gasteiger partial charge in [0, 0.05) is 13.1 Å². The number of halogens is 4. The topological polar surface area (TPSA) is 38.8 Å². The molecule has 8 heteroatoms. The predicted octanol–water partition coefficient (Wildman–Crippen LogP) is 2.71. The highest BCUT2D eigenvalue weighted by Gasteiger charge is 2.31. The average molecular weight is 368 g/mol. The van der Waals surface area contributed by atoms with E-state index in [4.69, 9.17) is 9.47 Å². The van der Waals surface area contributed by atoms with Crippen molar-refractivity contribution >= 4 is 21.8 Å². The Labute approximate surface area is 127 Å². The Morgan fingerprint density at radius 2 is 2.00 bits per heavy atom. The largest absolute Gasteiger partial charge is 0.483 e. The molecule has 0 radical (unpaired) electrons. The molecule has 1 saturated heterocycles. The van der Waals surface area contributed by atoms with Gasteiger partial charge in [0.25, 0.3) is 5.91 Å². The summed E-state index contributed by atoms with van der Waals surface area (Å²) < 4.78 is 48.1. The molecule has 0 aliphatic carbocycles. The van der Waals surface area contributed by atoms with Crippen LogP contribution in [0.1, 0.15) is 5.56 Å². The lowest BCUT2D eigenvalue weighted by Crippen LogP contribution is -2.43. The molecule has 1 aliphatic heterocycles. The van der Waals surface area contributed by atoms with E-state index < -0.39 is 11.7 Å². The molecule has 2 rings (SSSR count). The van der Waals surface area contributed by atoms with E-state index in [1.54, 1.807) is 4.90 Å². The van der Waals surface area contributed by atoms with Crippen molar-refractivity contribution < 1.29 is 27.4 Å². The summed E-state index contributed by atoms with van der Waals surface area (Å²) >= 11 is 3.02. The number of benzene rings is 1. The predicted molar refractivity (Wildman–Crippen MR) is 72.0 cm³/mol. The lowest BCUT2D eigenvalue weighted by molar-refractivity contribution is -0.138. The van der Waals surface area contributed by atoms with Crippen LogP contribution in [-0.2, 0) is 15.7 Å². The molecule has 0 atom stereocenters. The average Bonchev–Trinajstić information content (AvgIpc) is 2.45. The van der Waals surface area contributed by atoms with Gasteiger partial charge in [-0.3, -0.25) is 4.79 Å². The zero-order valence-electron chi connectivity index (χ0n) is 11.0. The standard InChI is InChI=1S/C13H13BrF3NO3/c14-10-7-9(13(15,16)17)1-2-11(10)21-8-12(19)18-3-5-20-6-4-18/h1-2,7H,3-6,8H2. The second-order valence-electron chi connectivity index (χ2n) is 4.42. The number of carbonyl (C=O) groups excluding carboxylic acids is 1. The number of amides is 1. The van der Waals surface area contributed by atoms with E-state index in [1.807, 2.05) is 0 Å². The van der Waals surface area contributed by atoms with Crippen molar-refractivity contribution in [1.82, 2.24) is 4.90 Å². The van der Waals surface area contributed by atoms with Crippen LogP contribution in [0.5, 0.6) is 5.75 Å². The van der Waals surface area contributed by atoms with Crippen LogP contribution < -0.4 is 4.74 Å². The maximum Gasteiger partial charge on any atom is 0.416 e. The van der Waals surface area contributed by atoms with Gasteiger partial charge in [0.05, 0.1) is 23.2 Å². The van der Waals surface area contributed by atoms with Gasteiger partial charge >= 0.3 is 6.18 Å². The number of alkyl halides is 3.